The van der Waals surface area contributed by atoms with E-state index >= 15 is 0 Å². The van der Waals surface area contributed by atoms with Gasteiger partial charge in [-0.3, -0.25) is 0 Å². The molecule has 0 saturated carbocycles. The van der Waals surface area contributed by atoms with E-state index in [0.29, 0.717) is 0 Å². The summed E-state index contributed by atoms with van der Waals surface area (Å²) in [5.41, 5.74) is 10.6. The lowest BCUT2D eigenvalue weighted by Crippen LogP contribution is -2.10. The van der Waals surface area contributed by atoms with Crippen LogP contribution in [0.15, 0.2) is 212 Å². The van der Waals surface area contributed by atoms with E-state index in [-0.39, 0.29) is 0 Å². The Labute approximate surface area is 330 Å². The lowest BCUT2D eigenvalue weighted by atomic mass is 9.92. The number of benzene rings is 10. The zero-order valence-electron chi connectivity index (χ0n) is 30.6. The van der Waals surface area contributed by atoms with E-state index in [2.05, 4.69) is 217 Å². The zero-order chi connectivity index (χ0) is 37.0. The zero-order valence-corrected chi connectivity index (χ0v) is 31.4. The molecule has 11 aromatic rings. The van der Waals surface area contributed by atoms with Gasteiger partial charge in [-0.15, -0.1) is 11.3 Å². The highest BCUT2D eigenvalue weighted by molar-refractivity contribution is 7.26. The summed E-state index contributed by atoms with van der Waals surface area (Å²) in [6.07, 6.45) is 0. The van der Waals surface area contributed by atoms with E-state index in [0.717, 1.165) is 17.1 Å². The van der Waals surface area contributed by atoms with E-state index in [9.17, 15) is 0 Å². The second-order valence-electron chi connectivity index (χ2n) is 14.5. The highest BCUT2D eigenvalue weighted by Gasteiger charge is 2.17. The molecule has 0 fully saturated rings. The van der Waals surface area contributed by atoms with Crippen LogP contribution in [0.25, 0.3) is 85.9 Å². The van der Waals surface area contributed by atoms with Crippen LogP contribution in [0.1, 0.15) is 0 Å². The van der Waals surface area contributed by atoms with Crippen LogP contribution in [-0.4, -0.2) is 0 Å². The van der Waals surface area contributed by atoms with Gasteiger partial charge in [0.15, 0.2) is 0 Å². The number of rotatable bonds is 6. The molecule has 11 rings (SSSR count). The van der Waals surface area contributed by atoms with Crippen molar-refractivity contribution in [3.8, 4) is 33.4 Å². The molecule has 0 unspecified atom stereocenters. The molecule has 0 bridgehead atoms. The summed E-state index contributed by atoms with van der Waals surface area (Å²) in [5, 5.41) is 10.3. The molecule has 0 atom stereocenters. The molecule has 262 valence electrons. The van der Waals surface area contributed by atoms with Gasteiger partial charge >= 0.3 is 0 Å². The largest absolute Gasteiger partial charge is 0.310 e. The van der Waals surface area contributed by atoms with Crippen molar-refractivity contribution in [1.29, 1.82) is 0 Å². The van der Waals surface area contributed by atoms with Gasteiger partial charge in [0.25, 0.3) is 0 Å². The molecular weight excluding hydrogens is 695 g/mol. The second-order valence-corrected chi connectivity index (χ2v) is 15.6. The maximum absolute atomic E-state index is 2.39. The van der Waals surface area contributed by atoms with E-state index in [4.69, 9.17) is 0 Å². The van der Waals surface area contributed by atoms with Crippen molar-refractivity contribution >= 4 is 80.9 Å². The van der Waals surface area contributed by atoms with Crippen molar-refractivity contribution in [3.05, 3.63) is 212 Å². The first kappa shape index (κ1) is 32.4. The summed E-state index contributed by atoms with van der Waals surface area (Å²) >= 11 is 1.88. The molecular formula is C54H35NS. The Morgan fingerprint density at radius 2 is 0.857 bits per heavy atom. The van der Waals surface area contributed by atoms with Crippen molar-refractivity contribution in [2.75, 3.05) is 4.90 Å². The van der Waals surface area contributed by atoms with E-state index < -0.39 is 0 Å². The monoisotopic (exact) mass is 729 g/mol. The molecule has 56 heavy (non-hydrogen) atoms. The molecule has 0 radical (unpaired) electrons. The minimum atomic E-state index is 1.11. The first-order valence-corrected chi connectivity index (χ1v) is 20.0. The Bertz CT molecular complexity index is 3230. The number of fused-ring (bicyclic) bond motifs is 8. The molecule has 10 aromatic carbocycles. The van der Waals surface area contributed by atoms with Crippen molar-refractivity contribution in [1.82, 2.24) is 0 Å². The molecule has 1 heterocycles. The lowest BCUT2D eigenvalue weighted by Gasteiger charge is -2.26. The topological polar surface area (TPSA) is 3.24 Å². The molecule has 0 aliphatic carbocycles. The Hall–Kier alpha value is -7.00. The van der Waals surface area contributed by atoms with Gasteiger partial charge in [-0.05, 0) is 114 Å². The number of hydrogen-bond acceptors (Lipinski definition) is 2. The summed E-state index contributed by atoms with van der Waals surface area (Å²) in [4.78, 5) is 2.39. The summed E-state index contributed by atoms with van der Waals surface area (Å²) in [6, 6.07) is 77.6. The van der Waals surface area contributed by atoms with Gasteiger partial charge in [0.1, 0.15) is 0 Å². The number of thiophene rings is 1. The fraction of sp³-hybridized carbons (Fsp3) is 0. The molecule has 0 saturated heterocycles. The Balaban J connectivity index is 1.01. The Morgan fingerprint density at radius 1 is 0.286 bits per heavy atom. The van der Waals surface area contributed by atoms with Crippen LogP contribution in [0.4, 0.5) is 17.1 Å². The van der Waals surface area contributed by atoms with Gasteiger partial charge in [-0.1, -0.05) is 164 Å². The minimum absolute atomic E-state index is 1.11. The molecule has 2 heteroatoms. The van der Waals surface area contributed by atoms with Gasteiger partial charge in [0.05, 0.1) is 0 Å². The molecule has 0 amide bonds. The van der Waals surface area contributed by atoms with Crippen LogP contribution in [-0.2, 0) is 0 Å². The number of nitrogens with zero attached hydrogens (tertiary/aromatic N) is 1. The quantitative estimate of drug-likeness (QED) is 0.154. The standard InChI is InChI=1S/C54H35NS/c1-2-11-36(12-3-1)37-25-28-43(29-26-37)55(45-30-32-47-42(34-45)27-31-51-50-19-8-9-20-53(50)56-54(47)51)44-15-10-14-40(33-44)38-21-23-39(24-22-38)52-35-41-13-4-5-16-46(41)48-17-6-7-18-49(48)52/h1-35H. The highest BCUT2D eigenvalue weighted by atomic mass is 32.1. The third kappa shape index (κ3) is 5.54. The molecule has 1 nitrogen and oxygen atoms in total. The van der Waals surface area contributed by atoms with Crippen LogP contribution in [0, 0.1) is 0 Å². The Kier molecular flexibility index (Phi) is 7.75. The number of anilines is 3. The van der Waals surface area contributed by atoms with Gasteiger partial charge in [-0.25, -0.2) is 0 Å². The van der Waals surface area contributed by atoms with Gasteiger partial charge in [0.2, 0.25) is 0 Å². The fourth-order valence-corrected chi connectivity index (χ4v) is 9.72. The maximum Gasteiger partial charge on any atom is 0.0468 e. The van der Waals surface area contributed by atoms with Gasteiger partial charge in [0, 0.05) is 37.2 Å². The van der Waals surface area contributed by atoms with Crippen LogP contribution in [0.2, 0.25) is 0 Å². The average Bonchev–Trinajstić information content (AvgIpc) is 3.66. The maximum atomic E-state index is 2.39. The first-order valence-electron chi connectivity index (χ1n) is 19.2. The molecule has 0 spiro atoms. The SMILES string of the molecule is c1ccc(-c2ccc(N(c3cccc(-c4ccc(-c5cc6ccccc6c6ccccc56)cc4)c3)c3ccc4c(ccc5c6ccccc6sc45)c3)cc2)cc1. The van der Waals surface area contributed by atoms with E-state index in [1.54, 1.807) is 0 Å². The predicted molar refractivity (Wildman–Crippen MR) is 243 cm³/mol. The van der Waals surface area contributed by atoms with Crippen molar-refractivity contribution in [2.24, 2.45) is 0 Å². The van der Waals surface area contributed by atoms with Crippen LogP contribution in [0.5, 0.6) is 0 Å². The first-order chi connectivity index (χ1) is 27.7. The van der Waals surface area contributed by atoms with Crippen LogP contribution >= 0.6 is 11.3 Å². The predicted octanol–water partition coefficient (Wildman–Crippen LogP) is 16.0. The van der Waals surface area contributed by atoms with Crippen LogP contribution in [0.3, 0.4) is 0 Å². The molecule has 0 N–H and O–H groups in total. The van der Waals surface area contributed by atoms with Crippen molar-refractivity contribution in [3.63, 3.8) is 0 Å². The summed E-state index contributed by atoms with van der Waals surface area (Å²) in [7, 11) is 0. The number of hydrogen-bond donors (Lipinski definition) is 0. The van der Waals surface area contributed by atoms with Gasteiger partial charge in [-0.2, -0.15) is 0 Å². The summed E-state index contributed by atoms with van der Waals surface area (Å²) in [5.74, 6) is 0. The normalized spacial score (nSPS) is 11.6. The average molecular weight is 730 g/mol. The Morgan fingerprint density at radius 3 is 1.70 bits per heavy atom. The molecule has 1 aromatic heterocycles. The highest BCUT2D eigenvalue weighted by Crippen LogP contribution is 2.43. The summed E-state index contributed by atoms with van der Waals surface area (Å²) < 4.78 is 2.67. The third-order valence-corrected chi connectivity index (χ3v) is 12.5. The van der Waals surface area contributed by atoms with Crippen LogP contribution < -0.4 is 4.90 Å². The third-order valence-electron chi connectivity index (χ3n) is 11.2. The lowest BCUT2D eigenvalue weighted by molar-refractivity contribution is 1.29. The van der Waals surface area contributed by atoms with E-state index in [1.165, 1.54) is 85.9 Å². The molecule has 0 aliphatic rings. The van der Waals surface area contributed by atoms with Gasteiger partial charge < -0.3 is 4.90 Å². The van der Waals surface area contributed by atoms with Crippen molar-refractivity contribution < 1.29 is 0 Å². The molecule has 0 aliphatic heterocycles. The van der Waals surface area contributed by atoms with Crippen molar-refractivity contribution in [2.45, 2.75) is 0 Å². The van der Waals surface area contributed by atoms with E-state index in [1.807, 2.05) is 11.3 Å². The smallest absolute Gasteiger partial charge is 0.0468 e. The minimum Gasteiger partial charge on any atom is -0.310 e. The summed E-state index contributed by atoms with van der Waals surface area (Å²) in [6.45, 7) is 0. The fourth-order valence-electron chi connectivity index (χ4n) is 8.48. The second kappa shape index (κ2) is 13.4.